The number of nitrogens with zero attached hydrogens (tertiary/aromatic N) is 2. The van der Waals surface area contributed by atoms with E-state index in [9.17, 15) is 4.79 Å². The fraction of sp³-hybridized carbons (Fsp3) is 0.357. The summed E-state index contributed by atoms with van der Waals surface area (Å²) in [5, 5.41) is 2.90. The van der Waals surface area contributed by atoms with Gasteiger partial charge in [0.25, 0.3) is 0 Å². The molecule has 0 bridgehead atoms. The number of aryl methyl sites for hydroxylation is 1. The summed E-state index contributed by atoms with van der Waals surface area (Å²) in [6, 6.07) is 7.66. The molecule has 1 aromatic heterocycles. The molecule has 0 saturated carbocycles. The van der Waals surface area contributed by atoms with Crippen molar-refractivity contribution in [3.8, 4) is 5.75 Å². The molecule has 2 rings (SSSR count). The predicted molar refractivity (Wildman–Crippen MR) is 85.6 cm³/mol. The van der Waals surface area contributed by atoms with E-state index in [4.69, 9.17) is 4.74 Å². The van der Waals surface area contributed by atoms with Crippen molar-refractivity contribution in [1.82, 2.24) is 14.1 Å². The number of nitrogens with one attached hydrogen (secondary N) is 1. The van der Waals surface area contributed by atoms with Crippen LogP contribution in [0.25, 0.3) is 0 Å². The number of rotatable bonds is 7. The van der Waals surface area contributed by atoms with Gasteiger partial charge in [0.1, 0.15) is 5.75 Å². The molecular formula is C14H17N3O2S2. The maximum Gasteiger partial charge on any atom is 0.230 e. The lowest BCUT2D eigenvalue weighted by molar-refractivity contribution is -0.118. The highest BCUT2D eigenvalue weighted by Gasteiger charge is 2.06. The van der Waals surface area contributed by atoms with Crippen LogP contribution in [0.2, 0.25) is 0 Å². The molecular weight excluding hydrogens is 306 g/mol. The molecule has 0 unspecified atom stereocenters. The molecule has 0 spiro atoms. The summed E-state index contributed by atoms with van der Waals surface area (Å²) in [5.74, 6) is 1.95. The largest absolute Gasteiger partial charge is 0.497 e. The summed E-state index contributed by atoms with van der Waals surface area (Å²) >= 11 is 2.75. The summed E-state index contributed by atoms with van der Waals surface area (Å²) in [7, 11) is 1.63. The lowest BCUT2D eigenvalue weighted by Crippen LogP contribution is -2.24. The quantitative estimate of drug-likeness (QED) is 0.848. The second-order valence-corrected chi connectivity index (χ2v) is 5.93. The van der Waals surface area contributed by atoms with Gasteiger partial charge in [0.05, 0.1) is 36.0 Å². The van der Waals surface area contributed by atoms with Gasteiger partial charge < -0.3 is 10.1 Å². The molecule has 112 valence electrons. The van der Waals surface area contributed by atoms with E-state index >= 15 is 0 Å². The smallest absolute Gasteiger partial charge is 0.230 e. The van der Waals surface area contributed by atoms with E-state index in [0.29, 0.717) is 12.3 Å². The number of hydrogen-bond donors (Lipinski definition) is 1. The van der Waals surface area contributed by atoms with E-state index in [-0.39, 0.29) is 5.91 Å². The average Bonchev–Trinajstić information content (AvgIpc) is 2.91. The number of carbonyl (C=O) groups excluding carboxylic acids is 1. The van der Waals surface area contributed by atoms with E-state index in [2.05, 4.69) is 14.1 Å². The fourth-order valence-electron chi connectivity index (χ4n) is 1.65. The molecule has 0 aliphatic rings. The summed E-state index contributed by atoms with van der Waals surface area (Å²) in [5.41, 5.74) is 2.93. The van der Waals surface area contributed by atoms with Gasteiger partial charge in [0.2, 0.25) is 5.91 Å². The van der Waals surface area contributed by atoms with Gasteiger partial charge in [-0.1, -0.05) is 12.1 Å². The zero-order valence-corrected chi connectivity index (χ0v) is 13.6. The van der Waals surface area contributed by atoms with Crippen molar-refractivity contribution in [1.29, 1.82) is 0 Å². The van der Waals surface area contributed by atoms with Crippen molar-refractivity contribution in [2.45, 2.75) is 19.2 Å². The number of ether oxygens (including phenoxy) is 1. The van der Waals surface area contributed by atoms with Gasteiger partial charge in [-0.25, -0.2) is 0 Å². The number of aromatic nitrogens is 2. The molecule has 7 heteroatoms. The minimum atomic E-state index is 0.0173. The van der Waals surface area contributed by atoms with Gasteiger partial charge in [-0.15, -0.1) is 11.8 Å². The first-order valence-electron chi connectivity index (χ1n) is 6.44. The Morgan fingerprint density at radius 1 is 1.43 bits per heavy atom. The van der Waals surface area contributed by atoms with Crippen LogP contribution >= 0.6 is 23.5 Å². The number of thioether (sulfide) groups is 1. The summed E-state index contributed by atoms with van der Waals surface area (Å²) in [6.45, 7) is 2.44. The van der Waals surface area contributed by atoms with Crippen molar-refractivity contribution in [2.75, 3.05) is 12.9 Å². The van der Waals surface area contributed by atoms with Gasteiger partial charge in [-0.05, 0) is 24.6 Å². The first-order valence-corrected chi connectivity index (χ1v) is 8.33. The number of hydrogen-bond acceptors (Lipinski definition) is 6. The Labute approximate surface area is 132 Å². The molecule has 0 fully saturated rings. The van der Waals surface area contributed by atoms with Crippen molar-refractivity contribution >= 4 is 29.4 Å². The molecule has 1 N–H and O–H groups in total. The standard InChI is InChI=1S/C14H17N3O2S2/c1-10-13(17-21-16-10)8-20-9-14(18)15-7-11-4-3-5-12(6-11)19-2/h3-6H,7-9H2,1-2H3,(H,15,18). The molecule has 2 aromatic rings. The average molecular weight is 323 g/mol. The first kappa shape index (κ1) is 15.8. The van der Waals surface area contributed by atoms with Gasteiger partial charge >= 0.3 is 0 Å². The third kappa shape index (κ3) is 5.02. The first-order chi connectivity index (χ1) is 10.2. The third-order valence-electron chi connectivity index (χ3n) is 2.84. The Kier molecular flexibility index (Phi) is 6.01. The van der Waals surface area contributed by atoms with Crippen LogP contribution in [-0.2, 0) is 17.1 Å². The van der Waals surface area contributed by atoms with Crippen molar-refractivity contribution in [3.05, 3.63) is 41.2 Å². The van der Waals surface area contributed by atoms with Gasteiger partial charge in [0.15, 0.2) is 0 Å². The highest BCUT2D eigenvalue weighted by atomic mass is 32.2. The Hall–Kier alpha value is -1.60. The van der Waals surface area contributed by atoms with Crippen LogP contribution in [0.15, 0.2) is 24.3 Å². The van der Waals surface area contributed by atoms with Crippen LogP contribution in [-0.4, -0.2) is 27.5 Å². The van der Waals surface area contributed by atoms with Crippen LogP contribution in [0, 0.1) is 6.92 Å². The Morgan fingerprint density at radius 3 is 3.00 bits per heavy atom. The molecule has 1 aromatic carbocycles. The predicted octanol–water partition coefficient (Wildman–Crippen LogP) is 2.40. The molecule has 0 saturated heterocycles. The van der Waals surface area contributed by atoms with Crippen LogP contribution < -0.4 is 10.1 Å². The number of carbonyl (C=O) groups is 1. The van der Waals surface area contributed by atoms with Crippen LogP contribution in [0.1, 0.15) is 17.0 Å². The summed E-state index contributed by atoms with van der Waals surface area (Å²) in [4.78, 5) is 11.8. The minimum Gasteiger partial charge on any atom is -0.497 e. The van der Waals surface area contributed by atoms with Crippen LogP contribution in [0.4, 0.5) is 0 Å². The van der Waals surface area contributed by atoms with E-state index in [1.54, 1.807) is 18.9 Å². The zero-order valence-electron chi connectivity index (χ0n) is 12.0. The minimum absolute atomic E-state index is 0.0173. The molecule has 0 aliphatic heterocycles. The van der Waals surface area contributed by atoms with Crippen molar-refractivity contribution in [3.63, 3.8) is 0 Å². The number of methoxy groups -OCH3 is 1. The molecule has 21 heavy (non-hydrogen) atoms. The Morgan fingerprint density at radius 2 is 2.29 bits per heavy atom. The van der Waals surface area contributed by atoms with Crippen molar-refractivity contribution in [2.24, 2.45) is 0 Å². The second kappa shape index (κ2) is 7.99. The van der Waals surface area contributed by atoms with Crippen molar-refractivity contribution < 1.29 is 9.53 Å². The van der Waals surface area contributed by atoms with Crippen LogP contribution in [0.3, 0.4) is 0 Å². The topological polar surface area (TPSA) is 64.1 Å². The Bertz CT molecular complexity index is 601. The molecule has 0 aliphatic carbocycles. The number of benzene rings is 1. The normalized spacial score (nSPS) is 10.4. The molecule has 0 radical (unpaired) electrons. The zero-order chi connectivity index (χ0) is 15.1. The lowest BCUT2D eigenvalue weighted by atomic mass is 10.2. The molecule has 0 atom stereocenters. The lowest BCUT2D eigenvalue weighted by Gasteiger charge is -2.06. The molecule has 5 nitrogen and oxygen atoms in total. The van der Waals surface area contributed by atoms with Gasteiger partial charge in [0, 0.05) is 12.3 Å². The second-order valence-electron chi connectivity index (χ2n) is 4.42. The molecule has 1 heterocycles. The maximum atomic E-state index is 11.8. The Balaban J connectivity index is 1.71. The van der Waals surface area contributed by atoms with E-state index < -0.39 is 0 Å². The monoisotopic (exact) mass is 323 g/mol. The van der Waals surface area contributed by atoms with Gasteiger partial charge in [-0.3, -0.25) is 4.79 Å². The van der Waals surface area contributed by atoms with Gasteiger partial charge in [-0.2, -0.15) is 8.75 Å². The van der Waals surface area contributed by atoms with E-state index in [1.807, 2.05) is 31.2 Å². The highest BCUT2D eigenvalue weighted by Crippen LogP contribution is 2.14. The van der Waals surface area contributed by atoms with Crippen LogP contribution in [0.5, 0.6) is 5.75 Å². The summed E-state index contributed by atoms with van der Waals surface area (Å²) in [6.07, 6.45) is 0. The fourth-order valence-corrected chi connectivity index (χ4v) is 3.16. The maximum absolute atomic E-state index is 11.8. The SMILES string of the molecule is COc1cccc(CNC(=O)CSCc2nsnc2C)c1. The van der Waals surface area contributed by atoms with E-state index in [1.165, 1.54) is 11.7 Å². The third-order valence-corrected chi connectivity index (χ3v) is 4.44. The molecule has 1 amide bonds. The number of amides is 1. The van der Waals surface area contributed by atoms with E-state index in [0.717, 1.165) is 28.5 Å². The summed E-state index contributed by atoms with van der Waals surface area (Å²) < 4.78 is 13.5. The highest BCUT2D eigenvalue weighted by molar-refractivity contribution is 7.99.